The van der Waals surface area contributed by atoms with Crippen molar-refractivity contribution in [3.8, 4) is 0 Å². The Kier molecular flexibility index (Phi) is 6.14. The molecule has 0 amide bonds. The molecule has 21 heavy (non-hydrogen) atoms. The van der Waals surface area contributed by atoms with Crippen molar-refractivity contribution in [3.05, 3.63) is 0 Å². The molecule has 1 aliphatic heterocycles. The number of hydrogen-bond donors (Lipinski definition) is 1. The fourth-order valence-electron chi connectivity index (χ4n) is 4.25. The Morgan fingerprint density at radius 1 is 0.952 bits per heavy atom. The lowest BCUT2D eigenvalue weighted by molar-refractivity contribution is 0.120. The van der Waals surface area contributed by atoms with Crippen LogP contribution in [0.4, 0.5) is 0 Å². The van der Waals surface area contributed by atoms with Gasteiger partial charge >= 0.3 is 0 Å². The second-order valence-electron chi connectivity index (χ2n) is 8.46. The molecule has 0 spiro atoms. The molecule has 1 aliphatic carbocycles. The molecule has 1 N–H and O–H groups in total. The number of likely N-dealkylation sites (tertiary alicyclic amines) is 1. The van der Waals surface area contributed by atoms with Gasteiger partial charge in [0.1, 0.15) is 0 Å². The van der Waals surface area contributed by atoms with Gasteiger partial charge in [0.15, 0.2) is 0 Å². The third kappa shape index (κ3) is 4.69. The summed E-state index contributed by atoms with van der Waals surface area (Å²) in [5, 5.41) is 3.98. The van der Waals surface area contributed by atoms with Gasteiger partial charge in [0, 0.05) is 18.1 Å². The molecule has 0 aromatic heterocycles. The maximum atomic E-state index is 3.98. The van der Waals surface area contributed by atoms with E-state index in [0.29, 0.717) is 5.41 Å². The molecule has 1 saturated carbocycles. The Balaban J connectivity index is 1.70. The SMILES string of the molecule is CCC(C)(C)C1CCC(NC2CCN(C(C)C)CC2)CC1. The topological polar surface area (TPSA) is 15.3 Å². The Morgan fingerprint density at radius 2 is 1.48 bits per heavy atom. The first-order valence-electron chi connectivity index (χ1n) is 9.42. The number of nitrogens with zero attached hydrogens (tertiary/aromatic N) is 1. The normalized spacial score (nSPS) is 30.0. The van der Waals surface area contributed by atoms with E-state index < -0.39 is 0 Å². The predicted molar refractivity (Wildman–Crippen MR) is 92.7 cm³/mol. The van der Waals surface area contributed by atoms with Crippen LogP contribution in [0.25, 0.3) is 0 Å². The summed E-state index contributed by atoms with van der Waals surface area (Å²) >= 11 is 0. The number of rotatable bonds is 5. The quantitative estimate of drug-likeness (QED) is 0.806. The van der Waals surface area contributed by atoms with Crippen LogP contribution in [-0.4, -0.2) is 36.1 Å². The maximum Gasteiger partial charge on any atom is 0.00940 e. The molecular formula is C19H38N2. The highest BCUT2D eigenvalue weighted by molar-refractivity contribution is 4.88. The molecule has 2 nitrogen and oxygen atoms in total. The maximum absolute atomic E-state index is 3.98. The second-order valence-corrected chi connectivity index (χ2v) is 8.46. The molecule has 2 heteroatoms. The van der Waals surface area contributed by atoms with Crippen molar-refractivity contribution in [2.75, 3.05) is 13.1 Å². The van der Waals surface area contributed by atoms with Crippen molar-refractivity contribution >= 4 is 0 Å². The van der Waals surface area contributed by atoms with E-state index in [2.05, 4.69) is 44.8 Å². The lowest BCUT2D eigenvalue weighted by atomic mass is 9.69. The summed E-state index contributed by atoms with van der Waals surface area (Å²) in [5.41, 5.74) is 0.549. The van der Waals surface area contributed by atoms with Crippen LogP contribution in [0, 0.1) is 11.3 Å². The van der Waals surface area contributed by atoms with Crippen molar-refractivity contribution in [3.63, 3.8) is 0 Å². The summed E-state index contributed by atoms with van der Waals surface area (Å²) in [6, 6.07) is 2.29. The van der Waals surface area contributed by atoms with Crippen molar-refractivity contribution in [1.82, 2.24) is 10.2 Å². The van der Waals surface area contributed by atoms with Crippen molar-refractivity contribution in [2.45, 2.75) is 97.7 Å². The number of hydrogen-bond acceptors (Lipinski definition) is 2. The Labute approximate surface area is 133 Å². The average Bonchev–Trinajstić information content (AvgIpc) is 2.48. The molecule has 2 rings (SSSR count). The Morgan fingerprint density at radius 3 is 1.95 bits per heavy atom. The van der Waals surface area contributed by atoms with Crippen LogP contribution in [0.15, 0.2) is 0 Å². The molecule has 2 fully saturated rings. The first-order valence-corrected chi connectivity index (χ1v) is 9.42. The van der Waals surface area contributed by atoms with E-state index in [1.54, 1.807) is 0 Å². The van der Waals surface area contributed by atoms with Crippen LogP contribution < -0.4 is 5.32 Å². The third-order valence-corrected chi connectivity index (χ3v) is 6.47. The molecule has 124 valence electrons. The second kappa shape index (κ2) is 7.46. The first-order chi connectivity index (χ1) is 9.92. The van der Waals surface area contributed by atoms with Crippen LogP contribution in [0.2, 0.25) is 0 Å². The van der Waals surface area contributed by atoms with Crippen LogP contribution in [0.5, 0.6) is 0 Å². The third-order valence-electron chi connectivity index (χ3n) is 6.47. The minimum atomic E-state index is 0.549. The molecule has 0 aromatic rings. The van der Waals surface area contributed by atoms with E-state index in [-0.39, 0.29) is 0 Å². The highest BCUT2D eigenvalue weighted by Crippen LogP contribution is 2.40. The summed E-state index contributed by atoms with van der Waals surface area (Å²) in [7, 11) is 0. The lowest BCUT2D eigenvalue weighted by Crippen LogP contribution is -2.49. The smallest absolute Gasteiger partial charge is 0.00940 e. The van der Waals surface area contributed by atoms with Gasteiger partial charge in [-0.25, -0.2) is 0 Å². The molecular weight excluding hydrogens is 256 g/mol. The summed E-state index contributed by atoms with van der Waals surface area (Å²) in [6.45, 7) is 14.5. The number of nitrogens with one attached hydrogen (secondary N) is 1. The van der Waals surface area contributed by atoms with Gasteiger partial charge in [-0.3, -0.25) is 0 Å². The fourth-order valence-corrected chi connectivity index (χ4v) is 4.25. The van der Waals surface area contributed by atoms with Crippen molar-refractivity contribution in [1.29, 1.82) is 0 Å². The molecule has 0 unspecified atom stereocenters. The minimum absolute atomic E-state index is 0.549. The fraction of sp³-hybridized carbons (Fsp3) is 1.00. The van der Waals surface area contributed by atoms with E-state index in [1.165, 1.54) is 58.0 Å². The predicted octanol–water partition coefficient (Wildman–Crippen LogP) is 4.44. The average molecular weight is 295 g/mol. The largest absolute Gasteiger partial charge is 0.311 e. The van der Waals surface area contributed by atoms with E-state index in [1.807, 2.05) is 0 Å². The van der Waals surface area contributed by atoms with Crippen LogP contribution in [0.3, 0.4) is 0 Å². The Hall–Kier alpha value is -0.0800. The highest BCUT2D eigenvalue weighted by atomic mass is 15.2. The van der Waals surface area contributed by atoms with Gasteiger partial charge in [-0.2, -0.15) is 0 Å². The zero-order valence-corrected chi connectivity index (χ0v) is 15.1. The Bertz CT molecular complexity index is 295. The standard InChI is InChI=1S/C19H38N2/c1-6-19(4,5)16-7-9-17(10-8-16)20-18-11-13-21(14-12-18)15(2)3/h15-18,20H,6-14H2,1-5H3. The van der Waals surface area contributed by atoms with Gasteiger partial charge in [0.2, 0.25) is 0 Å². The summed E-state index contributed by atoms with van der Waals surface area (Å²) in [6.07, 6.45) is 9.68. The zero-order chi connectivity index (χ0) is 15.5. The molecule has 2 aliphatic rings. The van der Waals surface area contributed by atoms with Crippen molar-refractivity contribution in [2.24, 2.45) is 11.3 Å². The molecule has 0 atom stereocenters. The van der Waals surface area contributed by atoms with Gasteiger partial charge in [0.05, 0.1) is 0 Å². The van der Waals surface area contributed by atoms with Gasteiger partial charge in [0.25, 0.3) is 0 Å². The molecule has 1 saturated heterocycles. The molecule has 0 bridgehead atoms. The zero-order valence-electron chi connectivity index (χ0n) is 15.1. The van der Waals surface area contributed by atoms with Crippen LogP contribution in [-0.2, 0) is 0 Å². The number of piperidine rings is 1. The van der Waals surface area contributed by atoms with E-state index >= 15 is 0 Å². The van der Waals surface area contributed by atoms with E-state index in [0.717, 1.165) is 24.0 Å². The lowest BCUT2D eigenvalue weighted by Gasteiger charge is -2.41. The van der Waals surface area contributed by atoms with Gasteiger partial charge in [-0.15, -0.1) is 0 Å². The molecule has 1 heterocycles. The first kappa shape index (κ1) is 17.3. The molecule has 0 radical (unpaired) electrons. The van der Waals surface area contributed by atoms with Crippen molar-refractivity contribution < 1.29 is 0 Å². The minimum Gasteiger partial charge on any atom is -0.311 e. The van der Waals surface area contributed by atoms with Gasteiger partial charge in [-0.1, -0.05) is 27.2 Å². The van der Waals surface area contributed by atoms with Crippen LogP contribution >= 0.6 is 0 Å². The van der Waals surface area contributed by atoms with Gasteiger partial charge in [-0.05, 0) is 76.8 Å². The monoisotopic (exact) mass is 294 g/mol. The van der Waals surface area contributed by atoms with Crippen LogP contribution in [0.1, 0.15) is 79.6 Å². The summed E-state index contributed by atoms with van der Waals surface area (Å²) in [4.78, 5) is 2.62. The summed E-state index contributed by atoms with van der Waals surface area (Å²) in [5.74, 6) is 0.948. The van der Waals surface area contributed by atoms with E-state index in [9.17, 15) is 0 Å². The highest BCUT2D eigenvalue weighted by Gasteiger charge is 2.32. The van der Waals surface area contributed by atoms with E-state index in [4.69, 9.17) is 0 Å². The molecule has 0 aromatic carbocycles. The van der Waals surface area contributed by atoms with Gasteiger partial charge < -0.3 is 10.2 Å². The summed E-state index contributed by atoms with van der Waals surface area (Å²) < 4.78 is 0.